The highest BCUT2D eigenvalue weighted by molar-refractivity contribution is 9.09. The number of anilines is 1. The van der Waals surface area contributed by atoms with Crippen molar-refractivity contribution in [3.05, 3.63) is 16.8 Å². The average Bonchev–Trinajstić information content (AvgIpc) is 2.74. The van der Waals surface area contributed by atoms with Gasteiger partial charge in [0, 0.05) is 22.8 Å². The number of hydrogen-bond acceptors (Lipinski definition) is 4. The van der Waals surface area contributed by atoms with Crippen LogP contribution in [0.3, 0.4) is 0 Å². The van der Waals surface area contributed by atoms with Crippen LogP contribution >= 0.6 is 27.3 Å². The first-order chi connectivity index (χ1) is 9.59. The number of aryl methyl sites for hydroxylation is 2. The Morgan fingerprint density at radius 1 is 1.25 bits per heavy atom. The maximum atomic E-state index is 4.59. The molecule has 0 aromatic carbocycles. The third kappa shape index (κ3) is 2.35. The first-order valence-electron chi connectivity index (χ1n) is 7.17. The minimum Gasteiger partial charge on any atom is -0.355 e. The average molecular weight is 354 g/mol. The van der Waals surface area contributed by atoms with Crippen LogP contribution in [0.1, 0.15) is 36.1 Å². The van der Waals surface area contributed by atoms with Gasteiger partial charge >= 0.3 is 0 Å². The van der Waals surface area contributed by atoms with Crippen molar-refractivity contribution < 1.29 is 0 Å². The number of alkyl halides is 1. The van der Waals surface area contributed by atoms with Crippen molar-refractivity contribution in [2.24, 2.45) is 0 Å². The van der Waals surface area contributed by atoms with E-state index in [4.69, 9.17) is 0 Å². The summed E-state index contributed by atoms with van der Waals surface area (Å²) in [7, 11) is 2.18. The molecule has 0 spiro atoms. The molecule has 1 saturated carbocycles. The second-order valence-corrected chi connectivity index (χ2v) is 8.02. The van der Waals surface area contributed by atoms with E-state index in [1.807, 2.05) is 0 Å². The molecule has 3 rings (SSSR count). The van der Waals surface area contributed by atoms with Gasteiger partial charge in [-0.05, 0) is 32.3 Å². The third-order valence-electron chi connectivity index (χ3n) is 4.42. The molecule has 0 aliphatic heterocycles. The van der Waals surface area contributed by atoms with Gasteiger partial charge in [0.05, 0.1) is 5.39 Å². The Morgan fingerprint density at radius 3 is 2.75 bits per heavy atom. The summed E-state index contributed by atoms with van der Waals surface area (Å²) in [6.07, 6.45) is 6.84. The van der Waals surface area contributed by atoms with Gasteiger partial charge < -0.3 is 4.90 Å². The van der Waals surface area contributed by atoms with E-state index in [0.29, 0.717) is 10.9 Å². The van der Waals surface area contributed by atoms with Crippen LogP contribution in [-0.2, 0) is 0 Å². The number of thiophene rings is 1. The number of halogens is 1. The smallest absolute Gasteiger partial charge is 0.141 e. The molecule has 2 aromatic heterocycles. The molecule has 2 atom stereocenters. The highest BCUT2D eigenvalue weighted by Gasteiger charge is 2.28. The Bertz CT molecular complexity index is 625. The molecule has 108 valence electrons. The summed E-state index contributed by atoms with van der Waals surface area (Å²) in [5, 5.41) is 1.24. The maximum absolute atomic E-state index is 4.59. The van der Waals surface area contributed by atoms with Gasteiger partial charge in [-0.25, -0.2) is 9.97 Å². The molecule has 1 aliphatic rings. The SMILES string of the molecule is Cc1sc2ncnc(N(C)C3CCCCC3Br)c2c1C. The molecule has 1 aliphatic carbocycles. The fourth-order valence-electron chi connectivity index (χ4n) is 3.09. The van der Waals surface area contributed by atoms with Gasteiger partial charge in [-0.2, -0.15) is 0 Å². The summed E-state index contributed by atoms with van der Waals surface area (Å²) in [4.78, 5) is 14.4. The Hall–Kier alpha value is -0.680. The minimum absolute atomic E-state index is 0.529. The van der Waals surface area contributed by atoms with Crippen LogP contribution in [0.2, 0.25) is 0 Å². The zero-order valence-electron chi connectivity index (χ0n) is 12.2. The summed E-state index contributed by atoms with van der Waals surface area (Å²) in [5.41, 5.74) is 1.33. The van der Waals surface area contributed by atoms with Crippen molar-refractivity contribution in [2.45, 2.75) is 50.4 Å². The number of nitrogens with zero attached hydrogens (tertiary/aromatic N) is 3. The van der Waals surface area contributed by atoms with E-state index in [0.717, 1.165) is 10.6 Å². The molecule has 2 aromatic rings. The molecule has 2 heterocycles. The van der Waals surface area contributed by atoms with E-state index in [9.17, 15) is 0 Å². The minimum atomic E-state index is 0.529. The monoisotopic (exact) mass is 353 g/mol. The zero-order valence-corrected chi connectivity index (χ0v) is 14.6. The van der Waals surface area contributed by atoms with Crippen molar-refractivity contribution in [1.29, 1.82) is 0 Å². The van der Waals surface area contributed by atoms with Crippen LogP contribution in [0, 0.1) is 13.8 Å². The molecule has 1 fully saturated rings. The van der Waals surface area contributed by atoms with Crippen LogP contribution in [0.5, 0.6) is 0 Å². The molecule has 5 heteroatoms. The lowest BCUT2D eigenvalue weighted by atomic mass is 9.94. The summed E-state index contributed by atoms with van der Waals surface area (Å²) in [5.74, 6) is 1.09. The van der Waals surface area contributed by atoms with Gasteiger partial charge in [0.15, 0.2) is 0 Å². The predicted molar refractivity (Wildman–Crippen MR) is 90.3 cm³/mol. The Labute approximate surface area is 132 Å². The number of aromatic nitrogens is 2. The van der Waals surface area contributed by atoms with Gasteiger partial charge in [-0.1, -0.05) is 28.8 Å². The van der Waals surface area contributed by atoms with Crippen LogP contribution < -0.4 is 4.90 Å². The summed E-state index contributed by atoms with van der Waals surface area (Å²) in [6, 6.07) is 0.529. The number of rotatable bonds is 2. The maximum Gasteiger partial charge on any atom is 0.141 e. The zero-order chi connectivity index (χ0) is 14.3. The van der Waals surface area contributed by atoms with Crippen molar-refractivity contribution >= 4 is 43.3 Å². The first kappa shape index (κ1) is 14.3. The molecule has 0 saturated heterocycles. The normalized spacial score (nSPS) is 23.2. The number of hydrogen-bond donors (Lipinski definition) is 0. The standard InChI is InChI=1S/C15H20BrN3S/c1-9-10(2)20-15-13(9)14(17-8-18-15)19(3)12-7-5-4-6-11(12)16/h8,11-12H,4-7H2,1-3H3. The summed E-state index contributed by atoms with van der Waals surface area (Å²) >= 11 is 5.63. The van der Waals surface area contributed by atoms with E-state index in [1.54, 1.807) is 17.7 Å². The summed E-state index contributed by atoms with van der Waals surface area (Å²) in [6.45, 7) is 4.35. The Balaban J connectivity index is 2.04. The van der Waals surface area contributed by atoms with Gasteiger partial charge in [0.2, 0.25) is 0 Å². The highest BCUT2D eigenvalue weighted by atomic mass is 79.9. The van der Waals surface area contributed by atoms with Crippen molar-refractivity contribution in [3.8, 4) is 0 Å². The topological polar surface area (TPSA) is 29.0 Å². The highest BCUT2D eigenvalue weighted by Crippen LogP contribution is 2.37. The van der Waals surface area contributed by atoms with E-state index < -0.39 is 0 Å². The second kappa shape index (κ2) is 5.60. The van der Waals surface area contributed by atoms with E-state index in [-0.39, 0.29) is 0 Å². The molecule has 0 radical (unpaired) electrons. The quantitative estimate of drug-likeness (QED) is 0.746. The lowest BCUT2D eigenvalue weighted by Crippen LogP contribution is -2.41. The Kier molecular flexibility index (Phi) is 4.00. The van der Waals surface area contributed by atoms with Gasteiger partial charge in [0.1, 0.15) is 17.0 Å². The molecular formula is C15H20BrN3S. The summed E-state index contributed by atoms with van der Waals surface area (Å²) < 4.78 is 0. The van der Waals surface area contributed by atoms with E-state index >= 15 is 0 Å². The van der Waals surface area contributed by atoms with Gasteiger partial charge in [-0.15, -0.1) is 11.3 Å². The molecular weight excluding hydrogens is 334 g/mol. The van der Waals surface area contributed by atoms with Crippen molar-refractivity contribution in [1.82, 2.24) is 9.97 Å². The lowest BCUT2D eigenvalue weighted by Gasteiger charge is -2.36. The first-order valence-corrected chi connectivity index (χ1v) is 8.90. The molecule has 0 bridgehead atoms. The van der Waals surface area contributed by atoms with E-state index in [2.05, 4.69) is 51.7 Å². The molecule has 0 N–H and O–H groups in total. The number of fused-ring (bicyclic) bond motifs is 1. The fraction of sp³-hybridized carbons (Fsp3) is 0.600. The fourth-order valence-corrected chi connectivity index (χ4v) is 5.02. The largest absolute Gasteiger partial charge is 0.355 e. The second-order valence-electron chi connectivity index (χ2n) is 5.64. The van der Waals surface area contributed by atoms with Crippen LogP contribution in [-0.4, -0.2) is 27.9 Å². The predicted octanol–water partition coefficient (Wildman–Crippen LogP) is 4.45. The molecule has 3 nitrogen and oxygen atoms in total. The van der Waals surface area contributed by atoms with Gasteiger partial charge in [-0.3, -0.25) is 0 Å². The van der Waals surface area contributed by atoms with Crippen LogP contribution in [0.15, 0.2) is 6.33 Å². The van der Waals surface area contributed by atoms with Crippen LogP contribution in [0.25, 0.3) is 10.2 Å². The van der Waals surface area contributed by atoms with Crippen molar-refractivity contribution in [3.63, 3.8) is 0 Å². The van der Waals surface area contributed by atoms with Gasteiger partial charge in [0.25, 0.3) is 0 Å². The lowest BCUT2D eigenvalue weighted by molar-refractivity contribution is 0.443. The molecule has 0 amide bonds. The molecule has 20 heavy (non-hydrogen) atoms. The molecule has 2 unspecified atom stereocenters. The third-order valence-corrected chi connectivity index (χ3v) is 6.61. The van der Waals surface area contributed by atoms with Crippen molar-refractivity contribution in [2.75, 3.05) is 11.9 Å². The van der Waals surface area contributed by atoms with E-state index in [1.165, 1.54) is 41.5 Å². The van der Waals surface area contributed by atoms with Crippen LogP contribution in [0.4, 0.5) is 5.82 Å². The Morgan fingerprint density at radius 2 is 2.00 bits per heavy atom.